The minimum absolute atomic E-state index is 0.0453. The zero-order chi connectivity index (χ0) is 23.4. The molecule has 174 valence electrons. The smallest absolute Gasteiger partial charge is 0.321 e. The first kappa shape index (κ1) is 23.3. The van der Waals surface area contributed by atoms with Gasteiger partial charge in [-0.2, -0.15) is 0 Å². The predicted molar refractivity (Wildman–Crippen MR) is 131 cm³/mol. The van der Waals surface area contributed by atoms with E-state index >= 15 is 0 Å². The number of rotatable bonds is 6. The van der Waals surface area contributed by atoms with Gasteiger partial charge in [0.25, 0.3) is 5.56 Å². The van der Waals surface area contributed by atoms with Gasteiger partial charge in [0.05, 0.1) is 23.9 Å². The topological polar surface area (TPSA) is 102 Å². The van der Waals surface area contributed by atoms with Crippen LogP contribution in [0.2, 0.25) is 0 Å². The summed E-state index contributed by atoms with van der Waals surface area (Å²) in [6, 6.07) is 6.64. The van der Waals surface area contributed by atoms with Crippen molar-refractivity contribution in [1.29, 1.82) is 0 Å². The molecule has 2 aromatic heterocycles. The highest BCUT2D eigenvalue weighted by molar-refractivity contribution is 7.99. The molecular formula is C23H26N4O4S2. The third-order valence-electron chi connectivity index (χ3n) is 5.46. The number of benzene rings is 1. The lowest BCUT2D eigenvalue weighted by Gasteiger charge is -2.13. The average Bonchev–Trinajstić information content (AvgIpc) is 2.99. The minimum Gasteiger partial charge on any atom is -0.497 e. The SMILES string of the molecule is CCNC(=O)NC(=O)CSc1nc2sc3c(c2c(=O)n1-c1ccc(OC)cc1)CCCCC3. The molecule has 0 spiro atoms. The highest BCUT2D eigenvalue weighted by atomic mass is 32.2. The second-order valence-electron chi connectivity index (χ2n) is 7.67. The molecule has 8 nitrogen and oxygen atoms in total. The molecule has 2 N–H and O–H groups in total. The van der Waals surface area contributed by atoms with E-state index < -0.39 is 11.9 Å². The molecule has 0 radical (unpaired) electrons. The van der Waals surface area contributed by atoms with E-state index in [-0.39, 0.29) is 11.3 Å². The minimum atomic E-state index is -0.541. The molecule has 0 fully saturated rings. The van der Waals surface area contributed by atoms with E-state index in [1.54, 1.807) is 54.2 Å². The van der Waals surface area contributed by atoms with Crippen LogP contribution in [-0.4, -0.2) is 40.9 Å². The number of methoxy groups -OCH3 is 1. The summed E-state index contributed by atoms with van der Waals surface area (Å²) in [7, 11) is 1.59. The molecule has 33 heavy (non-hydrogen) atoms. The molecule has 3 amide bonds. The third-order valence-corrected chi connectivity index (χ3v) is 7.59. The second kappa shape index (κ2) is 10.4. The summed E-state index contributed by atoms with van der Waals surface area (Å²) in [6.07, 6.45) is 5.20. The van der Waals surface area contributed by atoms with Gasteiger partial charge < -0.3 is 10.1 Å². The summed E-state index contributed by atoms with van der Waals surface area (Å²) in [5.74, 6) is 0.181. The fourth-order valence-corrected chi connectivity index (χ4v) is 6.03. The third kappa shape index (κ3) is 5.06. The Labute approximate surface area is 199 Å². The largest absolute Gasteiger partial charge is 0.497 e. The quantitative estimate of drug-likeness (QED) is 0.313. The maximum Gasteiger partial charge on any atom is 0.321 e. The number of hydrogen-bond donors (Lipinski definition) is 2. The Morgan fingerprint density at radius 1 is 1.18 bits per heavy atom. The van der Waals surface area contributed by atoms with Crippen LogP contribution < -0.4 is 20.9 Å². The van der Waals surface area contributed by atoms with E-state index in [9.17, 15) is 14.4 Å². The highest BCUT2D eigenvalue weighted by Gasteiger charge is 2.23. The number of hydrogen-bond acceptors (Lipinski definition) is 7. The number of fused-ring (bicyclic) bond motifs is 3. The highest BCUT2D eigenvalue weighted by Crippen LogP contribution is 2.34. The normalized spacial score (nSPS) is 13.3. The van der Waals surface area contributed by atoms with Crippen LogP contribution in [0.15, 0.2) is 34.2 Å². The molecule has 0 atom stereocenters. The average molecular weight is 487 g/mol. The van der Waals surface area contributed by atoms with Crippen LogP contribution in [-0.2, 0) is 17.6 Å². The number of urea groups is 1. The first-order valence-electron chi connectivity index (χ1n) is 10.9. The van der Waals surface area contributed by atoms with Crippen LogP contribution in [0.5, 0.6) is 5.75 Å². The van der Waals surface area contributed by atoms with E-state index in [1.807, 2.05) is 0 Å². The standard InChI is InChI=1S/C23H26N4O4S2/c1-3-24-22(30)25-18(28)13-32-23-26-20-19(16-7-5-4-6-8-17(16)33-20)21(29)27(23)14-9-11-15(31-2)12-10-14/h9-12H,3-8,13H2,1-2H3,(H2,24,25,28,30). The summed E-state index contributed by atoms with van der Waals surface area (Å²) in [6.45, 7) is 2.19. The van der Waals surface area contributed by atoms with Crippen molar-refractivity contribution in [1.82, 2.24) is 20.2 Å². The summed E-state index contributed by atoms with van der Waals surface area (Å²) in [5, 5.41) is 5.91. The Morgan fingerprint density at radius 2 is 1.94 bits per heavy atom. The molecule has 0 saturated heterocycles. The Morgan fingerprint density at radius 3 is 2.67 bits per heavy atom. The van der Waals surface area contributed by atoms with Crippen molar-refractivity contribution in [3.63, 3.8) is 0 Å². The lowest BCUT2D eigenvalue weighted by molar-refractivity contribution is -0.117. The van der Waals surface area contributed by atoms with Gasteiger partial charge in [0.15, 0.2) is 5.16 Å². The fraction of sp³-hybridized carbons (Fsp3) is 0.391. The molecule has 1 aromatic carbocycles. The Hall–Kier alpha value is -2.85. The van der Waals surface area contributed by atoms with Gasteiger partial charge in [0.1, 0.15) is 10.6 Å². The lowest BCUT2D eigenvalue weighted by Crippen LogP contribution is -2.40. The second-order valence-corrected chi connectivity index (χ2v) is 9.70. The zero-order valence-electron chi connectivity index (χ0n) is 18.6. The van der Waals surface area contributed by atoms with Crippen LogP contribution in [0.25, 0.3) is 15.9 Å². The molecule has 3 aromatic rings. The summed E-state index contributed by atoms with van der Waals surface area (Å²) >= 11 is 2.71. The van der Waals surface area contributed by atoms with Crippen molar-refractivity contribution in [2.75, 3.05) is 19.4 Å². The van der Waals surface area contributed by atoms with Crippen molar-refractivity contribution in [3.8, 4) is 11.4 Å². The summed E-state index contributed by atoms with van der Waals surface area (Å²) in [4.78, 5) is 44.4. The number of ether oxygens (including phenoxy) is 1. The van der Waals surface area contributed by atoms with Crippen LogP contribution >= 0.6 is 23.1 Å². The van der Waals surface area contributed by atoms with E-state index in [2.05, 4.69) is 10.6 Å². The van der Waals surface area contributed by atoms with Crippen LogP contribution in [0, 0.1) is 0 Å². The van der Waals surface area contributed by atoms with E-state index in [0.29, 0.717) is 33.4 Å². The van der Waals surface area contributed by atoms with Crippen LogP contribution in [0.3, 0.4) is 0 Å². The molecule has 10 heteroatoms. The van der Waals surface area contributed by atoms with Gasteiger partial charge in [-0.1, -0.05) is 18.2 Å². The molecule has 1 aliphatic carbocycles. The number of amides is 3. The molecule has 0 saturated carbocycles. The predicted octanol–water partition coefficient (Wildman–Crippen LogP) is 3.66. The van der Waals surface area contributed by atoms with Gasteiger partial charge in [0.2, 0.25) is 5.91 Å². The molecule has 4 rings (SSSR count). The fourth-order valence-electron chi connectivity index (χ4n) is 3.92. The van der Waals surface area contributed by atoms with Crippen molar-refractivity contribution < 1.29 is 14.3 Å². The number of aromatic nitrogens is 2. The number of nitrogens with zero attached hydrogens (tertiary/aromatic N) is 2. The zero-order valence-corrected chi connectivity index (χ0v) is 20.2. The van der Waals surface area contributed by atoms with Gasteiger partial charge in [-0.15, -0.1) is 11.3 Å². The number of thiophene rings is 1. The van der Waals surface area contributed by atoms with Gasteiger partial charge in [0, 0.05) is 11.4 Å². The number of carbonyl (C=O) groups is 2. The lowest BCUT2D eigenvalue weighted by atomic mass is 10.1. The van der Waals surface area contributed by atoms with Crippen molar-refractivity contribution in [2.24, 2.45) is 0 Å². The van der Waals surface area contributed by atoms with Crippen LogP contribution in [0.4, 0.5) is 4.79 Å². The van der Waals surface area contributed by atoms with E-state index in [4.69, 9.17) is 9.72 Å². The van der Waals surface area contributed by atoms with Crippen molar-refractivity contribution in [2.45, 2.75) is 44.2 Å². The van der Waals surface area contributed by atoms with E-state index in [1.165, 1.54) is 4.88 Å². The Kier molecular flexibility index (Phi) is 7.34. The molecule has 0 aliphatic heterocycles. The van der Waals surface area contributed by atoms with E-state index in [0.717, 1.165) is 49.4 Å². The molecule has 0 unspecified atom stereocenters. The number of imide groups is 1. The summed E-state index contributed by atoms with van der Waals surface area (Å²) in [5.41, 5.74) is 1.64. The summed E-state index contributed by atoms with van der Waals surface area (Å²) < 4.78 is 6.81. The van der Waals surface area contributed by atoms with Gasteiger partial charge >= 0.3 is 6.03 Å². The van der Waals surface area contributed by atoms with Crippen LogP contribution in [0.1, 0.15) is 36.6 Å². The number of nitrogens with one attached hydrogen (secondary N) is 2. The first-order chi connectivity index (χ1) is 16.0. The van der Waals surface area contributed by atoms with Gasteiger partial charge in [-0.05, 0) is 62.4 Å². The Balaban J connectivity index is 1.76. The number of aryl methyl sites for hydroxylation is 2. The first-order valence-corrected chi connectivity index (χ1v) is 12.7. The van der Waals surface area contributed by atoms with Crippen molar-refractivity contribution >= 4 is 45.3 Å². The van der Waals surface area contributed by atoms with Gasteiger partial charge in [-0.3, -0.25) is 19.5 Å². The maximum absolute atomic E-state index is 13.8. The molecular weight excluding hydrogens is 460 g/mol. The Bertz CT molecular complexity index is 1230. The molecule has 1 aliphatic rings. The number of carbonyl (C=O) groups excluding carboxylic acids is 2. The maximum atomic E-state index is 13.8. The molecule has 0 bridgehead atoms. The van der Waals surface area contributed by atoms with Crippen molar-refractivity contribution in [3.05, 3.63) is 45.1 Å². The van der Waals surface area contributed by atoms with Gasteiger partial charge in [-0.25, -0.2) is 9.78 Å². The molecule has 2 heterocycles. The monoisotopic (exact) mass is 486 g/mol. The number of thioether (sulfide) groups is 1.